The SMILES string of the molecule is CCOC(=O)CC1CCN(c2cc(-c3ccc(F)cc3C)c(N(C)C(=O)C(C)(C)c3cc(C(F)(F)F)cc(C(F)(F)F)c3)cn2)CC1C. The normalized spacial score (nSPS) is 17.3. The third-order valence-electron chi connectivity index (χ3n) is 9.00. The van der Waals surface area contributed by atoms with Crippen molar-refractivity contribution in [3.63, 3.8) is 0 Å². The number of pyridine rings is 1. The molecule has 2 atom stereocenters. The van der Waals surface area contributed by atoms with Gasteiger partial charge in [0.2, 0.25) is 5.91 Å². The number of carbonyl (C=O) groups excluding carboxylic acids is 2. The van der Waals surface area contributed by atoms with Gasteiger partial charge in [-0.2, -0.15) is 26.3 Å². The number of aryl methyl sites for hydroxylation is 1. The molecular formula is C35H38F7N3O3. The third kappa shape index (κ3) is 7.92. The number of esters is 1. The lowest BCUT2D eigenvalue weighted by molar-refractivity contribution is -0.145. The zero-order valence-corrected chi connectivity index (χ0v) is 27.5. The van der Waals surface area contributed by atoms with Crippen molar-refractivity contribution in [2.75, 3.05) is 36.5 Å². The van der Waals surface area contributed by atoms with Crippen molar-refractivity contribution in [3.05, 3.63) is 76.7 Å². The molecule has 4 rings (SSSR count). The number of hydrogen-bond donors (Lipinski definition) is 0. The predicted molar refractivity (Wildman–Crippen MR) is 168 cm³/mol. The number of carbonyl (C=O) groups is 2. The summed E-state index contributed by atoms with van der Waals surface area (Å²) >= 11 is 0. The lowest BCUT2D eigenvalue weighted by Gasteiger charge is -2.38. The van der Waals surface area contributed by atoms with Crippen LogP contribution in [0.3, 0.4) is 0 Å². The maximum absolute atomic E-state index is 14.1. The van der Waals surface area contributed by atoms with E-state index in [1.807, 2.05) is 11.8 Å². The predicted octanol–water partition coefficient (Wildman–Crippen LogP) is 8.59. The summed E-state index contributed by atoms with van der Waals surface area (Å²) in [6, 6.07) is 6.97. The first-order valence-electron chi connectivity index (χ1n) is 15.5. The van der Waals surface area contributed by atoms with E-state index in [1.165, 1.54) is 45.3 Å². The highest BCUT2D eigenvalue weighted by molar-refractivity contribution is 6.03. The van der Waals surface area contributed by atoms with Crippen LogP contribution in [-0.2, 0) is 32.1 Å². The van der Waals surface area contributed by atoms with Crippen LogP contribution < -0.4 is 9.80 Å². The van der Waals surface area contributed by atoms with E-state index in [-0.39, 0.29) is 29.6 Å². The van der Waals surface area contributed by atoms with Crippen LogP contribution in [0, 0.1) is 24.6 Å². The fraction of sp³-hybridized carbons (Fsp3) is 0.457. The Balaban J connectivity index is 1.74. The van der Waals surface area contributed by atoms with Crippen molar-refractivity contribution in [1.29, 1.82) is 0 Å². The van der Waals surface area contributed by atoms with Crippen molar-refractivity contribution in [3.8, 4) is 11.1 Å². The lowest BCUT2D eigenvalue weighted by Crippen LogP contribution is -2.42. The van der Waals surface area contributed by atoms with Crippen LogP contribution in [0.25, 0.3) is 11.1 Å². The van der Waals surface area contributed by atoms with Gasteiger partial charge in [0.15, 0.2) is 0 Å². The van der Waals surface area contributed by atoms with Gasteiger partial charge in [0, 0.05) is 32.1 Å². The second-order valence-electron chi connectivity index (χ2n) is 12.8. The van der Waals surface area contributed by atoms with Gasteiger partial charge in [-0.05, 0) is 99.0 Å². The number of piperidine rings is 1. The minimum Gasteiger partial charge on any atom is -0.466 e. The minimum absolute atomic E-state index is 0.0202. The summed E-state index contributed by atoms with van der Waals surface area (Å²) in [5.41, 5.74) is -3.59. The van der Waals surface area contributed by atoms with Gasteiger partial charge in [-0.25, -0.2) is 9.37 Å². The summed E-state index contributed by atoms with van der Waals surface area (Å²) in [6.07, 6.45) is -7.76. The number of alkyl halides is 6. The smallest absolute Gasteiger partial charge is 0.416 e. The zero-order chi connectivity index (χ0) is 35.8. The van der Waals surface area contributed by atoms with E-state index in [0.717, 1.165) is 4.90 Å². The molecule has 13 heteroatoms. The first-order valence-corrected chi connectivity index (χ1v) is 15.5. The van der Waals surface area contributed by atoms with Crippen LogP contribution in [0.4, 0.5) is 42.2 Å². The van der Waals surface area contributed by atoms with Crippen molar-refractivity contribution < 1.29 is 45.1 Å². The Morgan fingerprint density at radius 3 is 2.10 bits per heavy atom. The molecule has 1 amide bonds. The molecule has 0 bridgehead atoms. The monoisotopic (exact) mass is 681 g/mol. The summed E-state index contributed by atoms with van der Waals surface area (Å²) in [6.45, 7) is 9.41. The molecule has 0 aliphatic carbocycles. The summed E-state index contributed by atoms with van der Waals surface area (Å²) in [5.74, 6) is -0.765. The number of amides is 1. The highest BCUT2D eigenvalue weighted by Gasteiger charge is 2.41. The molecular weight excluding hydrogens is 643 g/mol. The zero-order valence-electron chi connectivity index (χ0n) is 27.5. The second-order valence-corrected chi connectivity index (χ2v) is 12.8. The van der Waals surface area contributed by atoms with Crippen molar-refractivity contribution in [1.82, 2.24) is 4.98 Å². The first-order chi connectivity index (χ1) is 22.2. The number of halogens is 7. The minimum atomic E-state index is -5.08. The lowest BCUT2D eigenvalue weighted by atomic mass is 9.81. The fourth-order valence-corrected chi connectivity index (χ4v) is 6.13. The second kappa shape index (κ2) is 13.8. The maximum Gasteiger partial charge on any atom is 0.416 e. The van der Waals surface area contributed by atoms with Gasteiger partial charge in [-0.3, -0.25) is 9.59 Å². The van der Waals surface area contributed by atoms with E-state index in [2.05, 4.69) is 4.98 Å². The number of ether oxygens (including phenoxy) is 1. The molecule has 3 aromatic rings. The summed E-state index contributed by atoms with van der Waals surface area (Å²) in [4.78, 5) is 33.9. The van der Waals surface area contributed by atoms with Gasteiger partial charge in [0.1, 0.15) is 11.6 Å². The molecule has 260 valence electrons. The molecule has 0 radical (unpaired) electrons. The van der Waals surface area contributed by atoms with E-state index in [0.29, 0.717) is 67.2 Å². The van der Waals surface area contributed by atoms with Gasteiger partial charge >= 0.3 is 18.3 Å². The molecule has 0 saturated carbocycles. The van der Waals surface area contributed by atoms with E-state index in [9.17, 15) is 40.3 Å². The van der Waals surface area contributed by atoms with Gasteiger partial charge < -0.3 is 14.5 Å². The van der Waals surface area contributed by atoms with Crippen LogP contribution >= 0.6 is 0 Å². The van der Waals surface area contributed by atoms with Crippen molar-refractivity contribution >= 4 is 23.4 Å². The first kappa shape index (κ1) is 36.7. The Morgan fingerprint density at radius 1 is 0.958 bits per heavy atom. The molecule has 6 nitrogen and oxygen atoms in total. The molecule has 48 heavy (non-hydrogen) atoms. The summed E-state index contributed by atoms with van der Waals surface area (Å²) in [7, 11) is 1.37. The Morgan fingerprint density at radius 2 is 1.56 bits per heavy atom. The van der Waals surface area contributed by atoms with E-state index >= 15 is 0 Å². The Kier molecular flexibility index (Phi) is 10.5. The quantitative estimate of drug-likeness (QED) is 0.176. The van der Waals surface area contributed by atoms with Gasteiger partial charge in [-0.15, -0.1) is 0 Å². The molecule has 0 N–H and O–H groups in total. The van der Waals surface area contributed by atoms with E-state index in [4.69, 9.17) is 4.74 Å². The molecule has 1 fully saturated rings. The van der Waals surface area contributed by atoms with Gasteiger partial charge in [0.25, 0.3) is 0 Å². The highest BCUT2D eigenvalue weighted by Crippen LogP contribution is 2.42. The molecule has 1 aromatic heterocycles. The molecule has 2 aromatic carbocycles. The van der Waals surface area contributed by atoms with Crippen LogP contribution in [0.15, 0.2) is 48.7 Å². The van der Waals surface area contributed by atoms with Crippen LogP contribution in [0.1, 0.15) is 62.8 Å². The Labute approximate surface area is 274 Å². The van der Waals surface area contributed by atoms with Gasteiger partial charge in [0.05, 0.1) is 35.0 Å². The van der Waals surface area contributed by atoms with Crippen LogP contribution in [0.5, 0.6) is 0 Å². The van der Waals surface area contributed by atoms with Crippen molar-refractivity contribution in [2.45, 2.75) is 65.2 Å². The van der Waals surface area contributed by atoms with Gasteiger partial charge in [-0.1, -0.05) is 13.0 Å². The molecule has 2 unspecified atom stereocenters. The number of nitrogens with zero attached hydrogens (tertiary/aromatic N) is 3. The molecule has 1 saturated heterocycles. The largest absolute Gasteiger partial charge is 0.466 e. The molecule has 1 aliphatic heterocycles. The van der Waals surface area contributed by atoms with E-state index < -0.39 is 46.2 Å². The number of aromatic nitrogens is 1. The average Bonchev–Trinajstić information content (AvgIpc) is 3.00. The van der Waals surface area contributed by atoms with Crippen LogP contribution in [0.2, 0.25) is 0 Å². The highest BCUT2D eigenvalue weighted by atomic mass is 19.4. The maximum atomic E-state index is 14.1. The summed E-state index contributed by atoms with van der Waals surface area (Å²) in [5, 5.41) is 0. The fourth-order valence-electron chi connectivity index (χ4n) is 6.13. The molecule has 2 heterocycles. The number of hydrogen-bond acceptors (Lipinski definition) is 5. The number of rotatable bonds is 8. The Bertz CT molecular complexity index is 1640. The summed E-state index contributed by atoms with van der Waals surface area (Å²) < 4.78 is 101. The van der Waals surface area contributed by atoms with Crippen LogP contribution in [-0.4, -0.2) is 43.6 Å². The molecule has 0 spiro atoms. The number of anilines is 2. The number of likely N-dealkylation sites (N-methyl/N-ethyl adjacent to an activating group) is 1. The number of benzene rings is 2. The standard InChI is InChI=1S/C35H38F7N3O3/c1-7-48-31(46)13-22-10-11-45(19-21(22)3)30-17-28(27-9-8-26(36)12-20(27)2)29(18-43-30)44(6)32(47)33(4,5)23-14-24(34(37,38)39)16-25(15-23)35(40,41)42/h8-9,12,14-18,21-22H,7,10-11,13,19H2,1-6H3. The topological polar surface area (TPSA) is 62.7 Å². The molecule has 1 aliphatic rings. The average molecular weight is 682 g/mol. The Hall–Kier alpha value is -4.16. The van der Waals surface area contributed by atoms with E-state index in [1.54, 1.807) is 19.9 Å². The third-order valence-corrected chi connectivity index (χ3v) is 9.00. The van der Waals surface area contributed by atoms with Crippen molar-refractivity contribution in [2.24, 2.45) is 11.8 Å².